The maximum atomic E-state index is 9.24. The molecule has 12 heavy (non-hydrogen) atoms. The first kappa shape index (κ1) is 13.4. The zero-order valence-electron chi connectivity index (χ0n) is 7.04. The summed E-state index contributed by atoms with van der Waals surface area (Å²) in [5.41, 5.74) is 4.57. The van der Waals surface area contributed by atoms with Gasteiger partial charge in [-0.3, -0.25) is 4.79 Å². The molecule has 0 aromatic carbocycles. The van der Waals surface area contributed by atoms with E-state index in [-0.39, 0.29) is 6.54 Å². The Morgan fingerprint density at radius 1 is 1.75 bits per heavy atom. The Labute approximate surface area is 71.1 Å². The van der Waals surface area contributed by atoms with Crippen molar-refractivity contribution in [2.75, 3.05) is 6.54 Å². The fourth-order valence-electron chi connectivity index (χ4n) is 0.167. The van der Waals surface area contributed by atoms with Crippen LogP contribution in [0.4, 0.5) is 0 Å². The van der Waals surface area contributed by atoms with Gasteiger partial charge in [0.05, 0.1) is 6.54 Å². The third-order valence-corrected chi connectivity index (χ3v) is 1.04. The molecular formula is C7H14N2O3. The zero-order valence-corrected chi connectivity index (χ0v) is 7.04. The van der Waals surface area contributed by atoms with Gasteiger partial charge in [0.2, 0.25) is 6.08 Å². The van der Waals surface area contributed by atoms with Gasteiger partial charge >= 0.3 is 5.97 Å². The largest absolute Gasteiger partial charge is 0.480 e. The molecule has 70 valence electrons. The maximum Gasteiger partial charge on any atom is 0.317 e. The highest BCUT2D eigenvalue weighted by Crippen LogP contribution is 2.26. The lowest BCUT2D eigenvalue weighted by Gasteiger charge is -1.73. The summed E-state index contributed by atoms with van der Waals surface area (Å²) >= 11 is 0. The van der Waals surface area contributed by atoms with E-state index in [9.17, 15) is 4.79 Å². The molecule has 0 spiro atoms. The van der Waals surface area contributed by atoms with Crippen LogP contribution in [0.2, 0.25) is 0 Å². The van der Waals surface area contributed by atoms with Crippen molar-refractivity contribution in [2.24, 2.45) is 11.7 Å². The maximum absolute atomic E-state index is 9.24. The number of aliphatic carboxylic acids is 1. The molecule has 1 aliphatic rings. The standard InChI is InChI=1S/C4H8.C2H5NO2.CHNO/c1-4-2-3-4;3-1-2(4)5;2-1-3/h4H,2-3H2,1H3;1,3H2,(H,4,5);2H. The Kier molecular flexibility index (Phi) is 11.0. The number of rotatable bonds is 1. The van der Waals surface area contributed by atoms with Gasteiger partial charge in [-0.05, 0) is 5.92 Å². The smallest absolute Gasteiger partial charge is 0.317 e. The van der Waals surface area contributed by atoms with Gasteiger partial charge in [-0.15, -0.1) is 0 Å². The molecule has 0 heterocycles. The number of nitrogens with one attached hydrogen (secondary N) is 1. The van der Waals surface area contributed by atoms with E-state index in [4.69, 9.17) is 15.3 Å². The fourth-order valence-corrected chi connectivity index (χ4v) is 0.167. The van der Waals surface area contributed by atoms with Crippen molar-refractivity contribution in [3.63, 3.8) is 0 Å². The number of isocyanates is 1. The molecule has 0 unspecified atom stereocenters. The quantitative estimate of drug-likeness (QED) is 0.394. The summed E-state index contributed by atoms with van der Waals surface area (Å²) in [6, 6.07) is 0. The molecule has 4 N–H and O–H groups in total. The second kappa shape index (κ2) is 9.81. The predicted molar refractivity (Wildman–Crippen MR) is 43.5 cm³/mol. The van der Waals surface area contributed by atoms with Gasteiger partial charge in [-0.1, -0.05) is 19.8 Å². The lowest BCUT2D eigenvalue weighted by Crippen LogP contribution is -2.10. The highest BCUT2D eigenvalue weighted by molar-refractivity contribution is 5.68. The molecule has 0 amide bonds. The summed E-state index contributed by atoms with van der Waals surface area (Å²) in [5.74, 6) is 0.116. The van der Waals surface area contributed by atoms with E-state index in [1.54, 1.807) is 0 Å². The lowest BCUT2D eigenvalue weighted by atomic mass is 10.5. The van der Waals surface area contributed by atoms with Crippen molar-refractivity contribution in [2.45, 2.75) is 19.8 Å². The molecule has 1 fully saturated rings. The summed E-state index contributed by atoms with van der Waals surface area (Å²) in [7, 11) is 0. The summed E-state index contributed by atoms with van der Waals surface area (Å²) in [6.45, 7) is 2.00. The number of hydrogen-bond acceptors (Lipinski definition) is 4. The van der Waals surface area contributed by atoms with Crippen molar-refractivity contribution in [3.05, 3.63) is 0 Å². The van der Waals surface area contributed by atoms with E-state index < -0.39 is 5.97 Å². The molecule has 0 atom stereocenters. The van der Waals surface area contributed by atoms with E-state index in [0.717, 1.165) is 12.0 Å². The molecule has 1 saturated carbocycles. The Hall–Kier alpha value is -1.19. The molecule has 0 radical (unpaired) electrons. The SMILES string of the molecule is CC1CC1.N=C=O.NCC(=O)O. The summed E-state index contributed by atoms with van der Waals surface area (Å²) in [4.78, 5) is 17.6. The first-order valence-corrected chi connectivity index (χ1v) is 3.54. The van der Waals surface area contributed by atoms with Gasteiger partial charge in [0.1, 0.15) is 0 Å². The van der Waals surface area contributed by atoms with Crippen molar-refractivity contribution in [3.8, 4) is 0 Å². The highest BCUT2D eigenvalue weighted by atomic mass is 16.4. The van der Waals surface area contributed by atoms with E-state index in [1.165, 1.54) is 12.8 Å². The van der Waals surface area contributed by atoms with Crippen molar-refractivity contribution in [1.29, 1.82) is 5.41 Å². The van der Waals surface area contributed by atoms with Crippen LogP contribution in [0.25, 0.3) is 0 Å². The highest BCUT2D eigenvalue weighted by Gasteiger charge is 2.12. The molecule has 1 aliphatic carbocycles. The normalized spacial score (nSPS) is 12.5. The molecule has 0 aromatic rings. The van der Waals surface area contributed by atoms with Gasteiger partial charge in [-0.25, -0.2) is 10.2 Å². The van der Waals surface area contributed by atoms with E-state index in [2.05, 4.69) is 12.7 Å². The van der Waals surface area contributed by atoms with Crippen LogP contribution in [0.1, 0.15) is 19.8 Å². The number of nitrogens with two attached hydrogens (primary N) is 1. The summed E-state index contributed by atoms with van der Waals surface area (Å²) in [6.07, 6.45) is 3.72. The Bertz CT molecular complexity index is 149. The first-order chi connectivity index (χ1) is 5.58. The molecule has 5 heteroatoms. The van der Waals surface area contributed by atoms with E-state index in [0.29, 0.717) is 0 Å². The van der Waals surface area contributed by atoms with Gasteiger partial charge in [0.25, 0.3) is 0 Å². The molecule has 0 saturated heterocycles. The molecule has 5 nitrogen and oxygen atoms in total. The average Bonchev–Trinajstić information content (AvgIpc) is 2.75. The minimum atomic E-state index is -0.968. The second-order valence-electron chi connectivity index (χ2n) is 2.38. The van der Waals surface area contributed by atoms with Crippen molar-refractivity contribution >= 4 is 12.0 Å². The average molecular weight is 174 g/mol. The number of carboxylic acids is 1. The summed E-state index contributed by atoms with van der Waals surface area (Å²) < 4.78 is 0. The number of carboxylic acid groups (broad SMARTS) is 1. The summed E-state index contributed by atoms with van der Waals surface area (Å²) in [5, 5.41) is 13.0. The number of carbonyl (C=O) groups excluding carboxylic acids is 1. The van der Waals surface area contributed by atoms with Crippen LogP contribution < -0.4 is 5.73 Å². The molecule has 0 aliphatic heterocycles. The third kappa shape index (κ3) is 37.0. The fraction of sp³-hybridized carbons (Fsp3) is 0.714. The van der Waals surface area contributed by atoms with Crippen LogP contribution in [0.5, 0.6) is 0 Å². The zero-order chi connectivity index (χ0) is 9.98. The molecule has 0 aromatic heterocycles. The van der Waals surface area contributed by atoms with Crippen LogP contribution in [0, 0.1) is 11.3 Å². The molecular weight excluding hydrogens is 160 g/mol. The minimum absolute atomic E-state index is 0.278. The van der Waals surface area contributed by atoms with E-state index >= 15 is 0 Å². The van der Waals surface area contributed by atoms with Crippen molar-refractivity contribution < 1.29 is 14.7 Å². The van der Waals surface area contributed by atoms with Gasteiger partial charge in [0.15, 0.2) is 0 Å². The topological polar surface area (TPSA) is 104 Å². The van der Waals surface area contributed by atoms with Crippen LogP contribution in [-0.4, -0.2) is 23.7 Å². The van der Waals surface area contributed by atoms with E-state index in [1.807, 2.05) is 0 Å². The number of hydrogen-bond donors (Lipinski definition) is 3. The van der Waals surface area contributed by atoms with Gasteiger partial charge in [0, 0.05) is 0 Å². The minimum Gasteiger partial charge on any atom is -0.480 e. The first-order valence-electron chi connectivity index (χ1n) is 3.54. The Morgan fingerprint density at radius 2 is 1.92 bits per heavy atom. The second-order valence-corrected chi connectivity index (χ2v) is 2.38. The van der Waals surface area contributed by atoms with Gasteiger partial charge < -0.3 is 10.8 Å². The monoisotopic (exact) mass is 174 g/mol. The molecule has 0 bridgehead atoms. The molecule has 1 rings (SSSR count). The van der Waals surface area contributed by atoms with Crippen LogP contribution in [0.15, 0.2) is 0 Å². The van der Waals surface area contributed by atoms with Crippen molar-refractivity contribution in [1.82, 2.24) is 0 Å². The Morgan fingerprint density at radius 3 is 1.92 bits per heavy atom. The predicted octanol–water partition coefficient (Wildman–Crippen LogP) is 0.347. The number of carbonyl (C=O) groups is 1. The van der Waals surface area contributed by atoms with Crippen LogP contribution in [-0.2, 0) is 9.59 Å². The third-order valence-electron chi connectivity index (χ3n) is 1.04. The van der Waals surface area contributed by atoms with Crippen LogP contribution in [0.3, 0.4) is 0 Å². The van der Waals surface area contributed by atoms with Crippen LogP contribution >= 0.6 is 0 Å². The Balaban J connectivity index is 0. The lowest BCUT2D eigenvalue weighted by molar-refractivity contribution is -0.135. The van der Waals surface area contributed by atoms with Gasteiger partial charge in [-0.2, -0.15) is 0 Å².